The van der Waals surface area contributed by atoms with Crippen LogP contribution in [0.2, 0.25) is 4.34 Å². The zero-order chi connectivity index (χ0) is 17.4. The molecule has 2 aromatic heterocycles. The molecule has 0 bridgehead atoms. The molecule has 4 nitrogen and oxygen atoms in total. The molecule has 4 rings (SSSR count). The van der Waals surface area contributed by atoms with E-state index in [9.17, 15) is 4.79 Å². The number of halogens is 2. The topological polar surface area (TPSA) is 42.4 Å². The third kappa shape index (κ3) is 3.75. The van der Waals surface area contributed by atoms with Gasteiger partial charge in [-0.2, -0.15) is 0 Å². The van der Waals surface area contributed by atoms with Gasteiger partial charge >= 0.3 is 0 Å². The largest absolute Gasteiger partial charge is 0.376 e. The summed E-state index contributed by atoms with van der Waals surface area (Å²) in [5.41, 5.74) is 0.887. The molecule has 25 heavy (non-hydrogen) atoms. The van der Waals surface area contributed by atoms with Gasteiger partial charge < -0.3 is 4.74 Å². The molecular formula is C17H14BrClN2O2S2. The van der Waals surface area contributed by atoms with E-state index in [0.29, 0.717) is 20.9 Å². The molecular weight excluding hydrogens is 444 g/mol. The summed E-state index contributed by atoms with van der Waals surface area (Å²) >= 11 is 12.3. The van der Waals surface area contributed by atoms with E-state index in [2.05, 4.69) is 20.9 Å². The fraction of sp³-hybridized carbons (Fsp3) is 0.294. The molecule has 1 aliphatic rings. The van der Waals surface area contributed by atoms with Crippen molar-refractivity contribution in [3.63, 3.8) is 0 Å². The van der Waals surface area contributed by atoms with E-state index >= 15 is 0 Å². The Morgan fingerprint density at radius 3 is 2.96 bits per heavy atom. The summed E-state index contributed by atoms with van der Waals surface area (Å²) in [6.45, 7) is 1.26. The number of thiazole rings is 1. The van der Waals surface area contributed by atoms with E-state index in [0.717, 1.165) is 34.1 Å². The maximum Gasteiger partial charge on any atom is 0.270 e. The Morgan fingerprint density at radius 2 is 2.24 bits per heavy atom. The molecule has 0 saturated carbocycles. The first-order valence-electron chi connectivity index (χ1n) is 7.85. The van der Waals surface area contributed by atoms with Crippen molar-refractivity contribution in [2.75, 3.05) is 18.1 Å². The van der Waals surface area contributed by atoms with E-state index in [4.69, 9.17) is 16.3 Å². The number of ether oxygens (including phenoxy) is 1. The van der Waals surface area contributed by atoms with Gasteiger partial charge in [0, 0.05) is 11.1 Å². The van der Waals surface area contributed by atoms with Crippen molar-refractivity contribution in [2.24, 2.45) is 0 Å². The predicted octanol–water partition coefficient (Wildman–Crippen LogP) is 5.60. The minimum atomic E-state index is -0.0782. The summed E-state index contributed by atoms with van der Waals surface area (Å²) in [5, 5.41) is 0.693. The van der Waals surface area contributed by atoms with E-state index in [-0.39, 0.29) is 12.0 Å². The van der Waals surface area contributed by atoms with Crippen LogP contribution in [0.15, 0.2) is 34.8 Å². The molecule has 0 aliphatic carbocycles. The second-order valence-corrected chi connectivity index (χ2v) is 9.40. The first-order valence-corrected chi connectivity index (χ1v) is 10.7. The van der Waals surface area contributed by atoms with Crippen LogP contribution in [0.1, 0.15) is 22.5 Å². The maximum atomic E-state index is 13.1. The van der Waals surface area contributed by atoms with Gasteiger partial charge in [-0.05, 0) is 43.2 Å². The van der Waals surface area contributed by atoms with Crippen molar-refractivity contribution in [3.8, 4) is 0 Å². The Bertz CT molecular complexity index is 920. The summed E-state index contributed by atoms with van der Waals surface area (Å²) < 4.78 is 8.39. The first-order chi connectivity index (χ1) is 12.1. The molecule has 1 amide bonds. The lowest BCUT2D eigenvalue weighted by Gasteiger charge is -2.22. The maximum absolute atomic E-state index is 13.1. The quantitative estimate of drug-likeness (QED) is 0.512. The lowest BCUT2D eigenvalue weighted by molar-refractivity contribution is 0.0920. The molecule has 3 aromatic rings. The number of benzene rings is 1. The Balaban J connectivity index is 1.70. The van der Waals surface area contributed by atoms with Crippen LogP contribution >= 0.6 is 50.2 Å². The lowest BCUT2D eigenvalue weighted by Crippen LogP contribution is -2.37. The Labute approximate surface area is 166 Å². The Morgan fingerprint density at radius 1 is 1.36 bits per heavy atom. The SMILES string of the molecule is O=C(c1ccc(Cl)s1)N(CC1CCCO1)c1nc2ccc(Br)cc2s1. The van der Waals surface area contributed by atoms with Gasteiger partial charge in [0.05, 0.1) is 32.1 Å². The second kappa shape index (κ2) is 7.32. The normalized spacial score (nSPS) is 17.3. The first kappa shape index (κ1) is 17.4. The van der Waals surface area contributed by atoms with Crippen LogP contribution in [0.5, 0.6) is 0 Å². The van der Waals surface area contributed by atoms with Gasteiger partial charge in [0.1, 0.15) is 0 Å². The molecule has 8 heteroatoms. The van der Waals surface area contributed by atoms with Crippen LogP contribution in [-0.2, 0) is 4.74 Å². The van der Waals surface area contributed by atoms with Crippen molar-refractivity contribution in [1.29, 1.82) is 0 Å². The highest BCUT2D eigenvalue weighted by atomic mass is 79.9. The second-order valence-electron chi connectivity index (χ2n) is 5.76. The third-order valence-electron chi connectivity index (χ3n) is 4.01. The number of nitrogens with zero attached hydrogens (tertiary/aromatic N) is 2. The molecule has 1 aromatic carbocycles. The highest BCUT2D eigenvalue weighted by Gasteiger charge is 2.27. The fourth-order valence-corrected chi connectivity index (χ4v) is 5.32. The van der Waals surface area contributed by atoms with Gasteiger partial charge in [-0.25, -0.2) is 4.98 Å². The van der Waals surface area contributed by atoms with Crippen LogP contribution in [0.3, 0.4) is 0 Å². The van der Waals surface area contributed by atoms with Crippen molar-refractivity contribution >= 4 is 71.5 Å². The van der Waals surface area contributed by atoms with Gasteiger partial charge in [-0.3, -0.25) is 9.69 Å². The molecule has 1 atom stereocenters. The molecule has 1 fully saturated rings. The number of hydrogen-bond acceptors (Lipinski definition) is 5. The van der Waals surface area contributed by atoms with Gasteiger partial charge in [-0.1, -0.05) is 38.9 Å². The monoisotopic (exact) mass is 456 g/mol. The third-order valence-corrected chi connectivity index (χ3v) is 6.76. The molecule has 0 radical (unpaired) electrons. The smallest absolute Gasteiger partial charge is 0.270 e. The zero-order valence-corrected chi connectivity index (χ0v) is 17.1. The summed E-state index contributed by atoms with van der Waals surface area (Å²) in [6, 6.07) is 9.45. The number of amides is 1. The van der Waals surface area contributed by atoms with Crippen molar-refractivity contribution in [2.45, 2.75) is 18.9 Å². The van der Waals surface area contributed by atoms with E-state index in [1.54, 1.807) is 17.0 Å². The summed E-state index contributed by atoms with van der Waals surface area (Å²) in [5.74, 6) is -0.0782. The van der Waals surface area contributed by atoms with Gasteiger partial charge in [-0.15, -0.1) is 11.3 Å². The minimum Gasteiger partial charge on any atom is -0.376 e. The molecule has 1 aliphatic heterocycles. The number of carbonyl (C=O) groups is 1. The average Bonchev–Trinajstić information content (AvgIpc) is 3.31. The standard InChI is InChI=1S/C17H14BrClN2O2S2/c18-10-3-4-12-14(8-10)25-17(20-12)21(9-11-2-1-7-23-11)16(22)13-5-6-15(19)24-13/h3-6,8,11H,1-2,7,9H2. The van der Waals surface area contributed by atoms with Crippen LogP contribution in [0.25, 0.3) is 10.2 Å². The molecule has 1 unspecified atom stereocenters. The average molecular weight is 458 g/mol. The van der Waals surface area contributed by atoms with Crippen LogP contribution < -0.4 is 4.90 Å². The summed E-state index contributed by atoms with van der Waals surface area (Å²) in [6.07, 6.45) is 2.05. The molecule has 0 N–H and O–H groups in total. The van der Waals surface area contributed by atoms with E-state index in [1.165, 1.54) is 22.7 Å². The number of aromatic nitrogens is 1. The molecule has 3 heterocycles. The van der Waals surface area contributed by atoms with Crippen LogP contribution in [-0.4, -0.2) is 30.1 Å². The summed E-state index contributed by atoms with van der Waals surface area (Å²) in [4.78, 5) is 20.1. The lowest BCUT2D eigenvalue weighted by atomic mass is 10.2. The van der Waals surface area contributed by atoms with Crippen molar-refractivity contribution in [3.05, 3.63) is 44.0 Å². The molecule has 1 saturated heterocycles. The van der Waals surface area contributed by atoms with Crippen molar-refractivity contribution in [1.82, 2.24) is 4.98 Å². The summed E-state index contributed by atoms with van der Waals surface area (Å²) in [7, 11) is 0. The number of fused-ring (bicyclic) bond motifs is 1. The number of anilines is 1. The Hall–Kier alpha value is -0.990. The number of carbonyl (C=O) groups excluding carboxylic acids is 1. The van der Waals surface area contributed by atoms with Crippen LogP contribution in [0, 0.1) is 0 Å². The minimum absolute atomic E-state index is 0.0538. The Kier molecular flexibility index (Phi) is 5.11. The number of thiophene rings is 1. The highest BCUT2D eigenvalue weighted by Crippen LogP contribution is 2.33. The van der Waals surface area contributed by atoms with Gasteiger partial charge in [0.25, 0.3) is 5.91 Å². The predicted molar refractivity (Wildman–Crippen MR) is 107 cm³/mol. The fourth-order valence-electron chi connectivity index (χ4n) is 2.80. The molecule has 130 valence electrons. The van der Waals surface area contributed by atoms with Crippen LogP contribution in [0.4, 0.5) is 5.13 Å². The highest BCUT2D eigenvalue weighted by molar-refractivity contribution is 9.10. The number of rotatable bonds is 4. The van der Waals surface area contributed by atoms with Gasteiger partial charge in [0.2, 0.25) is 0 Å². The van der Waals surface area contributed by atoms with E-state index < -0.39 is 0 Å². The number of hydrogen-bond donors (Lipinski definition) is 0. The van der Waals surface area contributed by atoms with E-state index in [1.807, 2.05) is 18.2 Å². The zero-order valence-electron chi connectivity index (χ0n) is 13.1. The van der Waals surface area contributed by atoms with Gasteiger partial charge in [0.15, 0.2) is 5.13 Å². The molecule has 0 spiro atoms. The van der Waals surface area contributed by atoms with Crippen molar-refractivity contribution < 1.29 is 9.53 Å².